The van der Waals surface area contributed by atoms with E-state index in [0.29, 0.717) is 32.5 Å². The number of carboxylic acids is 1. The maximum atomic E-state index is 13.4. The van der Waals surface area contributed by atoms with Crippen molar-refractivity contribution in [3.05, 3.63) is 83.6 Å². The van der Waals surface area contributed by atoms with E-state index in [1.807, 2.05) is 35.2 Å². The highest BCUT2D eigenvalue weighted by Crippen LogP contribution is 2.39. The summed E-state index contributed by atoms with van der Waals surface area (Å²) in [5, 5.41) is 13.4. The molecule has 36 heavy (non-hydrogen) atoms. The number of hydrogen-bond donors (Lipinski definition) is 1. The van der Waals surface area contributed by atoms with E-state index in [4.69, 9.17) is 4.42 Å². The van der Waals surface area contributed by atoms with Crippen LogP contribution in [0.15, 0.2) is 76.9 Å². The van der Waals surface area contributed by atoms with Crippen LogP contribution in [0.4, 0.5) is 0 Å². The summed E-state index contributed by atoms with van der Waals surface area (Å²) in [6, 6.07) is 16.2. The van der Waals surface area contributed by atoms with Crippen LogP contribution in [0.1, 0.15) is 37.3 Å². The third-order valence-corrected chi connectivity index (χ3v) is 8.35. The van der Waals surface area contributed by atoms with Crippen molar-refractivity contribution in [3.63, 3.8) is 0 Å². The van der Waals surface area contributed by atoms with Gasteiger partial charge < -0.3 is 19.3 Å². The molecule has 1 unspecified atom stereocenters. The molecule has 2 aromatic carbocycles. The highest BCUT2D eigenvalue weighted by molar-refractivity contribution is 7.17. The third kappa shape index (κ3) is 4.63. The molecule has 0 radical (unpaired) electrons. The predicted molar refractivity (Wildman–Crippen MR) is 143 cm³/mol. The Hall–Kier alpha value is -3.58. The average Bonchev–Trinajstić information content (AvgIpc) is 3.48. The van der Waals surface area contributed by atoms with Gasteiger partial charge in [0.25, 0.3) is 0 Å². The highest BCUT2D eigenvalue weighted by Gasteiger charge is 2.47. The molecule has 1 fully saturated rings. The molecule has 1 N–H and O–H groups in total. The highest BCUT2D eigenvalue weighted by atomic mass is 32.1. The van der Waals surface area contributed by atoms with E-state index in [1.54, 1.807) is 17.6 Å². The van der Waals surface area contributed by atoms with Crippen molar-refractivity contribution >= 4 is 44.3 Å². The van der Waals surface area contributed by atoms with Gasteiger partial charge in [-0.05, 0) is 59.9 Å². The largest absolute Gasteiger partial charge is 0.481 e. The summed E-state index contributed by atoms with van der Waals surface area (Å²) in [6.07, 6.45) is 3.46. The molecule has 7 heteroatoms. The van der Waals surface area contributed by atoms with Crippen LogP contribution in [-0.4, -0.2) is 45.4 Å². The molecule has 1 atom stereocenters. The van der Waals surface area contributed by atoms with E-state index in [9.17, 15) is 14.7 Å². The van der Waals surface area contributed by atoms with Crippen LogP contribution in [0.5, 0.6) is 0 Å². The Labute approximate surface area is 214 Å². The molecular formula is C29H30N2O4S. The fourth-order valence-corrected chi connectivity index (χ4v) is 6.04. The van der Waals surface area contributed by atoms with Crippen molar-refractivity contribution in [1.29, 1.82) is 0 Å². The number of likely N-dealkylation sites (tertiary alicyclic amines) is 1. The molecule has 0 aliphatic carbocycles. The number of carbonyl (C=O) groups is 2. The van der Waals surface area contributed by atoms with Gasteiger partial charge in [0.2, 0.25) is 5.91 Å². The van der Waals surface area contributed by atoms with Crippen molar-refractivity contribution in [2.45, 2.75) is 44.7 Å². The van der Waals surface area contributed by atoms with E-state index < -0.39 is 11.5 Å². The van der Waals surface area contributed by atoms with Crippen LogP contribution < -0.4 is 0 Å². The standard InChI is InChI=1S/C29H30N2O4S/c1-20(30(13-5-8-28(33)34)18-21-9-10-22-11-15-35-25(22)16-21)29(2)12-14-31(29)27(32)17-23-19-36-26-7-4-3-6-24(23)26/h3-4,6-7,9-11,15-16,19H,1,5,8,12-14,17-18H2,2H3,(H,33,34). The van der Waals surface area contributed by atoms with Gasteiger partial charge >= 0.3 is 5.97 Å². The van der Waals surface area contributed by atoms with Crippen molar-refractivity contribution in [3.8, 4) is 0 Å². The van der Waals surface area contributed by atoms with E-state index >= 15 is 0 Å². The zero-order valence-electron chi connectivity index (χ0n) is 20.4. The fraction of sp³-hybridized carbons (Fsp3) is 0.310. The van der Waals surface area contributed by atoms with E-state index in [1.165, 1.54) is 4.70 Å². The lowest BCUT2D eigenvalue weighted by molar-refractivity contribution is -0.143. The first-order valence-electron chi connectivity index (χ1n) is 12.2. The molecule has 5 rings (SSSR count). The van der Waals surface area contributed by atoms with Gasteiger partial charge in [0.05, 0.1) is 18.2 Å². The summed E-state index contributed by atoms with van der Waals surface area (Å²) < 4.78 is 6.76. The van der Waals surface area contributed by atoms with Crippen LogP contribution >= 0.6 is 11.3 Å². The second-order valence-corrected chi connectivity index (χ2v) is 10.6. The zero-order valence-corrected chi connectivity index (χ0v) is 21.2. The lowest BCUT2D eigenvalue weighted by Crippen LogP contribution is -2.63. The van der Waals surface area contributed by atoms with Gasteiger partial charge in [-0.25, -0.2) is 0 Å². The molecule has 0 bridgehead atoms. The van der Waals surface area contributed by atoms with E-state index in [-0.39, 0.29) is 12.3 Å². The molecule has 1 aliphatic rings. The minimum Gasteiger partial charge on any atom is -0.481 e. The maximum absolute atomic E-state index is 13.4. The quantitative estimate of drug-likeness (QED) is 0.285. The SMILES string of the molecule is C=C(N(CCCC(=O)O)Cc1ccc2ccoc2c1)C1(C)CCN1C(=O)Cc1csc2ccccc12. The molecule has 1 saturated heterocycles. The number of fused-ring (bicyclic) bond motifs is 2. The number of amides is 1. The maximum Gasteiger partial charge on any atom is 0.303 e. The number of carboxylic acid groups (broad SMARTS) is 1. The Morgan fingerprint density at radius 3 is 2.83 bits per heavy atom. The summed E-state index contributed by atoms with van der Waals surface area (Å²) in [4.78, 5) is 28.7. The Kier molecular flexibility index (Phi) is 6.58. The topological polar surface area (TPSA) is 74.0 Å². The summed E-state index contributed by atoms with van der Waals surface area (Å²) in [5.74, 6) is -0.719. The number of furan rings is 1. The molecule has 1 amide bonds. The zero-order chi connectivity index (χ0) is 25.3. The fourth-order valence-electron chi connectivity index (χ4n) is 5.08. The molecule has 186 valence electrons. The lowest BCUT2D eigenvalue weighted by atomic mass is 9.82. The Morgan fingerprint density at radius 1 is 1.22 bits per heavy atom. The summed E-state index contributed by atoms with van der Waals surface area (Å²) >= 11 is 1.67. The van der Waals surface area contributed by atoms with Crippen molar-refractivity contribution in [2.24, 2.45) is 0 Å². The van der Waals surface area contributed by atoms with Crippen LogP contribution in [0.25, 0.3) is 21.1 Å². The molecule has 4 aromatic rings. The number of hydrogen-bond acceptors (Lipinski definition) is 5. The number of carbonyl (C=O) groups excluding carboxylic acids is 1. The number of nitrogens with zero attached hydrogens (tertiary/aromatic N) is 2. The molecule has 6 nitrogen and oxygen atoms in total. The van der Waals surface area contributed by atoms with Gasteiger partial charge in [0.15, 0.2) is 0 Å². The summed E-state index contributed by atoms with van der Waals surface area (Å²) in [5.41, 5.74) is 3.28. The van der Waals surface area contributed by atoms with Gasteiger partial charge in [-0.2, -0.15) is 0 Å². The number of aliphatic carboxylic acids is 1. The predicted octanol–water partition coefficient (Wildman–Crippen LogP) is 6.06. The van der Waals surface area contributed by atoms with Crippen LogP contribution in [-0.2, 0) is 22.6 Å². The first-order valence-corrected chi connectivity index (χ1v) is 13.1. The minimum atomic E-state index is -0.813. The average molecular weight is 503 g/mol. The molecule has 3 heterocycles. The van der Waals surface area contributed by atoms with Gasteiger partial charge in [-0.15, -0.1) is 11.3 Å². The van der Waals surface area contributed by atoms with Gasteiger partial charge in [-0.1, -0.05) is 36.9 Å². The first kappa shape index (κ1) is 24.1. The number of rotatable bonds is 10. The summed E-state index contributed by atoms with van der Waals surface area (Å²) in [7, 11) is 0. The van der Waals surface area contributed by atoms with Crippen molar-refractivity contribution in [2.75, 3.05) is 13.1 Å². The number of thiophene rings is 1. The van der Waals surface area contributed by atoms with Gasteiger partial charge in [-0.3, -0.25) is 9.59 Å². The summed E-state index contributed by atoms with van der Waals surface area (Å²) in [6.45, 7) is 8.32. The third-order valence-electron chi connectivity index (χ3n) is 7.34. The molecule has 0 saturated carbocycles. The van der Waals surface area contributed by atoms with Crippen LogP contribution in [0.2, 0.25) is 0 Å². The van der Waals surface area contributed by atoms with E-state index in [0.717, 1.165) is 39.6 Å². The van der Waals surface area contributed by atoms with Gasteiger partial charge in [0.1, 0.15) is 5.58 Å². The Bertz CT molecular complexity index is 1440. The number of benzene rings is 2. The van der Waals surface area contributed by atoms with Gasteiger partial charge in [0, 0.05) is 41.8 Å². The first-order chi connectivity index (χ1) is 17.3. The molecule has 0 spiro atoms. The second kappa shape index (κ2) is 9.82. The molecule has 1 aliphatic heterocycles. The van der Waals surface area contributed by atoms with E-state index in [2.05, 4.69) is 42.0 Å². The minimum absolute atomic E-state index is 0.0889. The molecule has 2 aromatic heterocycles. The van der Waals surface area contributed by atoms with Crippen LogP contribution in [0, 0.1) is 0 Å². The molecular weight excluding hydrogens is 472 g/mol. The lowest BCUT2D eigenvalue weighted by Gasteiger charge is -2.54. The Morgan fingerprint density at radius 2 is 2.06 bits per heavy atom. The second-order valence-electron chi connectivity index (χ2n) is 9.66. The monoisotopic (exact) mass is 502 g/mol. The van der Waals surface area contributed by atoms with Crippen molar-refractivity contribution in [1.82, 2.24) is 9.80 Å². The van der Waals surface area contributed by atoms with Crippen molar-refractivity contribution < 1.29 is 19.1 Å². The normalized spacial score (nSPS) is 17.3. The van der Waals surface area contributed by atoms with Crippen LogP contribution in [0.3, 0.4) is 0 Å². The Balaban J connectivity index is 1.34. The smallest absolute Gasteiger partial charge is 0.303 e.